The largest absolute Gasteiger partial charge is 0.465 e. The van der Waals surface area contributed by atoms with Gasteiger partial charge in [-0.25, -0.2) is 0 Å². The van der Waals surface area contributed by atoms with Gasteiger partial charge in [0, 0.05) is 12.8 Å². The molecule has 0 N–H and O–H groups in total. The molecule has 0 bridgehead atoms. The summed E-state index contributed by atoms with van der Waals surface area (Å²) in [4.78, 5) is 11.2. The van der Waals surface area contributed by atoms with E-state index in [1.807, 2.05) is 0 Å². The van der Waals surface area contributed by atoms with Gasteiger partial charge in [0.25, 0.3) is 0 Å². The smallest absolute Gasteiger partial charge is 0.302 e. The van der Waals surface area contributed by atoms with Crippen LogP contribution in [0.2, 0.25) is 0 Å². The monoisotopic (exact) mass is 358 g/mol. The van der Waals surface area contributed by atoms with Crippen LogP contribution in [0.1, 0.15) is 86.0 Å². The highest BCUT2D eigenvalue weighted by atomic mass is 16.5. The van der Waals surface area contributed by atoms with Crippen LogP contribution < -0.4 is 0 Å². The lowest BCUT2D eigenvalue weighted by atomic mass is 9.87. The molecule has 0 heterocycles. The van der Waals surface area contributed by atoms with E-state index in [0.29, 0.717) is 23.4 Å². The van der Waals surface area contributed by atoms with E-state index in [1.54, 1.807) is 5.57 Å². The summed E-state index contributed by atoms with van der Waals surface area (Å²) < 4.78 is 5.33. The van der Waals surface area contributed by atoms with Gasteiger partial charge in [-0.3, -0.25) is 4.79 Å². The highest BCUT2D eigenvalue weighted by molar-refractivity contribution is 5.65. The summed E-state index contributed by atoms with van der Waals surface area (Å²) in [5.41, 5.74) is 4.16. The van der Waals surface area contributed by atoms with Crippen molar-refractivity contribution in [2.24, 2.45) is 28.6 Å². The Morgan fingerprint density at radius 3 is 2.73 bits per heavy atom. The van der Waals surface area contributed by atoms with Crippen LogP contribution in [0.15, 0.2) is 23.3 Å². The standard InChI is InChI=1S/C24H38O2/c1-17-7-6-11-23(4)15-22(23)13-20(18(2)16-26-19(3)25)10-12-24(5)14-21(24)9-8-17/h7,13,18,21-22H,6,8-12,14-16H2,1-5H3/b17-7+,20-13+/t18?,21-,22+,23+,24+/m0/s1. The second-order valence-corrected chi connectivity index (χ2v) is 10.1. The van der Waals surface area contributed by atoms with E-state index in [9.17, 15) is 4.79 Å². The quantitative estimate of drug-likeness (QED) is 0.427. The number of hydrogen-bond acceptors (Lipinski definition) is 2. The van der Waals surface area contributed by atoms with Gasteiger partial charge in [-0.15, -0.1) is 0 Å². The number of esters is 1. The van der Waals surface area contributed by atoms with Gasteiger partial charge in [0.15, 0.2) is 0 Å². The lowest BCUT2D eigenvalue weighted by Gasteiger charge is -2.20. The predicted octanol–water partition coefficient (Wildman–Crippen LogP) is 6.46. The van der Waals surface area contributed by atoms with Gasteiger partial charge in [0.05, 0.1) is 6.61 Å². The fourth-order valence-electron chi connectivity index (χ4n) is 4.94. The third-order valence-corrected chi connectivity index (χ3v) is 7.62. The first-order valence-electron chi connectivity index (χ1n) is 10.7. The maximum atomic E-state index is 11.2. The molecule has 2 heteroatoms. The van der Waals surface area contributed by atoms with E-state index in [2.05, 4.69) is 39.8 Å². The molecule has 2 nitrogen and oxygen atoms in total. The lowest BCUT2D eigenvalue weighted by molar-refractivity contribution is -0.141. The molecule has 0 saturated heterocycles. The Morgan fingerprint density at radius 1 is 1.23 bits per heavy atom. The molecule has 26 heavy (non-hydrogen) atoms. The number of carbonyl (C=O) groups excluding carboxylic acids is 1. The Labute approximate surface area is 160 Å². The summed E-state index contributed by atoms with van der Waals surface area (Å²) in [6.07, 6.45) is 15.4. The third kappa shape index (κ3) is 4.81. The molecule has 1 unspecified atom stereocenters. The van der Waals surface area contributed by atoms with Crippen molar-refractivity contribution in [3.05, 3.63) is 23.3 Å². The summed E-state index contributed by atoms with van der Waals surface area (Å²) in [5.74, 6) is 1.81. The highest BCUT2D eigenvalue weighted by Crippen LogP contribution is 2.60. The average molecular weight is 359 g/mol. The molecule has 0 amide bonds. The fraction of sp³-hybridized carbons (Fsp3) is 0.792. The third-order valence-electron chi connectivity index (χ3n) is 7.62. The van der Waals surface area contributed by atoms with Crippen LogP contribution in [-0.2, 0) is 9.53 Å². The summed E-state index contributed by atoms with van der Waals surface area (Å²) in [6.45, 7) is 11.5. The Bertz CT molecular complexity index is 601. The molecule has 0 radical (unpaired) electrons. The molecular weight excluding hydrogens is 320 g/mol. The van der Waals surface area contributed by atoms with Crippen LogP contribution >= 0.6 is 0 Å². The Hall–Kier alpha value is -1.05. The Kier molecular flexibility index (Phi) is 5.70. The van der Waals surface area contributed by atoms with Gasteiger partial charge in [-0.05, 0) is 81.0 Å². The fourth-order valence-corrected chi connectivity index (χ4v) is 4.94. The minimum absolute atomic E-state index is 0.161. The molecule has 146 valence electrons. The summed E-state index contributed by atoms with van der Waals surface area (Å²) >= 11 is 0. The van der Waals surface area contributed by atoms with Crippen molar-refractivity contribution in [2.45, 2.75) is 86.0 Å². The molecule has 0 spiro atoms. The number of hydrogen-bond donors (Lipinski definition) is 0. The van der Waals surface area contributed by atoms with Crippen molar-refractivity contribution in [1.29, 1.82) is 0 Å². The van der Waals surface area contributed by atoms with Gasteiger partial charge < -0.3 is 4.74 Å². The summed E-state index contributed by atoms with van der Waals surface area (Å²) in [6, 6.07) is 0. The van der Waals surface area contributed by atoms with Crippen LogP contribution in [-0.4, -0.2) is 12.6 Å². The first kappa shape index (κ1) is 19.7. The predicted molar refractivity (Wildman–Crippen MR) is 108 cm³/mol. The highest BCUT2D eigenvalue weighted by Gasteiger charge is 2.50. The average Bonchev–Trinajstić information content (AvgIpc) is 3.42. The topological polar surface area (TPSA) is 26.3 Å². The summed E-state index contributed by atoms with van der Waals surface area (Å²) in [7, 11) is 0. The molecule has 0 aromatic rings. The molecule has 0 aromatic carbocycles. The zero-order valence-corrected chi connectivity index (χ0v) is 17.6. The van der Waals surface area contributed by atoms with E-state index in [-0.39, 0.29) is 5.97 Å². The van der Waals surface area contributed by atoms with E-state index in [0.717, 1.165) is 11.8 Å². The molecule has 0 aromatic heterocycles. The number of fused-ring (bicyclic) bond motifs is 2. The maximum Gasteiger partial charge on any atom is 0.302 e. The van der Waals surface area contributed by atoms with Crippen LogP contribution in [0.3, 0.4) is 0 Å². The van der Waals surface area contributed by atoms with Crippen LogP contribution in [0.25, 0.3) is 0 Å². The molecule has 2 saturated carbocycles. The minimum Gasteiger partial charge on any atom is -0.465 e. The first-order chi connectivity index (χ1) is 12.2. The number of ether oxygens (including phenoxy) is 1. The molecule has 0 aliphatic heterocycles. The van der Waals surface area contributed by atoms with E-state index in [1.165, 1.54) is 63.9 Å². The van der Waals surface area contributed by atoms with Gasteiger partial charge in [-0.1, -0.05) is 44.1 Å². The van der Waals surface area contributed by atoms with Crippen molar-refractivity contribution in [2.75, 3.05) is 6.61 Å². The molecule has 3 aliphatic carbocycles. The summed E-state index contributed by atoms with van der Waals surface area (Å²) in [5, 5.41) is 0. The second-order valence-electron chi connectivity index (χ2n) is 10.1. The van der Waals surface area contributed by atoms with Gasteiger partial charge >= 0.3 is 5.97 Å². The Balaban J connectivity index is 1.72. The number of allylic oxidation sites excluding steroid dienone is 3. The molecule has 2 fully saturated rings. The van der Waals surface area contributed by atoms with E-state index >= 15 is 0 Å². The zero-order chi connectivity index (χ0) is 18.9. The van der Waals surface area contributed by atoms with Crippen molar-refractivity contribution in [3.8, 4) is 0 Å². The minimum atomic E-state index is -0.161. The van der Waals surface area contributed by atoms with Crippen molar-refractivity contribution in [1.82, 2.24) is 0 Å². The van der Waals surface area contributed by atoms with Crippen molar-refractivity contribution >= 4 is 5.97 Å². The van der Waals surface area contributed by atoms with Crippen LogP contribution in [0.5, 0.6) is 0 Å². The van der Waals surface area contributed by atoms with Crippen molar-refractivity contribution in [3.63, 3.8) is 0 Å². The van der Waals surface area contributed by atoms with E-state index < -0.39 is 0 Å². The zero-order valence-electron chi connectivity index (χ0n) is 17.6. The van der Waals surface area contributed by atoms with Crippen LogP contribution in [0.4, 0.5) is 0 Å². The molecule has 3 rings (SSSR count). The van der Waals surface area contributed by atoms with Gasteiger partial charge in [0.2, 0.25) is 0 Å². The van der Waals surface area contributed by atoms with Gasteiger partial charge in [-0.2, -0.15) is 0 Å². The number of carbonyl (C=O) groups is 1. The van der Waals surface area contributed by atoms with Crippen LogP contribution in [0, 0.1) is 28.6 Å². The van der Waals surface area contributed by atoms with Gasteiger partial charge in [0.1, 0.15) is 0 Å². The van der Waals surface area contributed by atoms with Crippen molar-refractivity contribution < 1.29 is 9.53 Å². The molecular formula is C24H38O2. The first-order valence-corrected chi connectivity index (χ1v) is 10.7. The SMILES string of the molecule is CC(=O)OCC(C)/C1=C/[C@@H]2C[C@@]2(C)CC/C=C(\C)CC[C@H]2C[C@@]2(C)CC1. The Morgan fingerprint density at radius 2 is 2.00 bits per heavy atom. The number of rotatable bonds is 3. The van der Waals surface area contributed by atoms with E-state index in [4.69, 9.17) is 4.74 Å². The second kappa shape index (κ2) is 7.52. The normalized spacial score (nSPS) is 42.7. The molecule has 5 atom stereocenters. The molecule has 3 aliphatic rings. The lowest BCUT2D eigenvalue weighted by Crippen LogP contribution is -2.13. The maximum absolute atomic E-state index is 11.2.